The van der Waals surface area contributed by atoms with Crippen molar-refractivity contribution in [1.29, 1.82) is 0 Å². The lowest BCUT2D eigenvalue weighted by molar-refractivity contribution is 0.414. The van der Waals surface area contributed by atoms with Crippen LogP contribution in [0.25, 0.3) is 0 Å². The third-order valence-corrected chi connectivity index (χ3v) is 3.00. The Morgan fingerprint density at radius 2 is 1.95 bits per heavy atom. The molecule has 0 atom stereocenters. The Morgan fingerprint density at radius 1 is 1.19 bits per heavy atom. The Balaban J connectivity index is 2.20. The van der Waals surface area contributed by atoms with Crippen LogP contribution in [0.3, 0.4) is 0 Å². The molecule has 4 N–H and O–H groups in total. The average Bonchev–Trinajstić information content (AvgIpc) is 2.46. The number of methoxy groups -OCH3 is 1. The number of rotatable bonds is 6. The zero-order valence-electron chi connectivity index (χ0n) is 12.6. The van der Waals surface area contributed by atoms with Gasteiger partial charge in [-0.1, -0.05) is 6.92 Å². The van der Waals surface area contributed by atoms with Gasteiger partial charge in [0.2, 0.25) is 5.95 Å². The van der Waals surface area contributed by atoms with Gasteiger partial charge in [0.05, 0.1) is 7.11 Å². The minimum Gasteiger partial charge on any atom is -0.497 e. The van der Waals surface area contributed by atoms with E-state index in [1.807, 2.05) is 31.2 Å². The summed E-state index contributed by atoms with van der Waals surface area (Å²) in [4.78, 5) is 8.36. The highest BCUT2D eigenvalue weighted by atomic mass is 16.5. The monoisotopic (exact) mass is 287 g/mol. The number of aryl methyl sites for hydroxylation is 1. The summed E-state index contributed by atoms with van der Waals surface area (Å²) in [5.74, 6) is 2.45. The summed E-state index contributed by atoms with van der Waals surface area (Å²) in [5.41, 5.74) is 7.76. The Hall–Kier alpha value is -2.50. The molecule has 0 fully saturated rings. The first-order chi connectivity index (χ1) is 10.1. The van der Waals surface area contributed by atoms with Gasteiger partial charge in [-0.25, -0.2) is 0 Å². The van der Waals surface area contributed by atoms with Crippen LogP contribution in [0.4, 0.5) is 23.3 Å². The highest BCUT2D eigenvalue weighted by Gasteiger charge is 2.05. The van der Waals surface area contributed by atoms with Crippen molar-refractivity contribution in [3.05, 3.63) is 29.8 Å². The fraction of sp³-hybridized carbons (Fsp3) is 0.333. The third-order valence-electron chi connectivity index (χ3n) is 3.00. The maximum atomic E-state index is 5.75. The van der Waals surface area contributed by atoms with E-state index in [0.717, 1.165) is 35.8 Å². The molecule has 112 valence electrons. The van der Waals surface area contributed by atoms with Gasteiger partial charge in [0.15, 0.2) is 0 Å². The molecule has 0 saturated carbocycles. The lowest BCUT2D eigenvalue weighted by atomic mass is 10.2. The van der Waals surface area contributed by atoms with Gasteiger partial charge in [0.1, 0.15) is 17.4 Å². The summed E-state index contributed by atoms with van der Waals surface area (Å²) in [5, 5.41) is 6.46. The number of aromatic nitrogens is 2. The molecule has 0 aliphatic heterocycles. The predicted molar refractivity (Wildman–Crippen MR) is 86.2 cm³/mol. The maximum Gasteiger partial charge on any atom is 0.223 e. The molecule has 1 heterocycles. The van der Waals surface area contributed by atoms with Crippen molar-refractivity contribution in [1.82, 2.24) is 9.97 Å². The Labute approximate surface area is 124 Å². The van der Waals surface area contributed by atoms with Gasteiger partial charge < -0.3 is 21.1 Å². The second-order valence-electron chi connectivity index (χ2n) is 4.73. The lowest BCUT2D eigenvalue weighted by Crippen LogP contribution is -2.07. The summed E-state index contributed by atoms with van der Waals surface area (Å²) in [7, 11) is 1.65. The maximum absolute atomic E-state index is 5.75. The molecule has 21 heavy (non-hydrogen) atoms. The highest BCUT2D eigenvalue weighted by molar-refractivity contribution is 5.64. The molecule has 6 heteroatoms. The third kappa shape index (κ3) is 3.98. The number of nitrogen functional groups attached to an aromatic ring is 1. The topological polar surface area (TPSA) is 85.1 Å². The summed E-state index contributed by atoms with van der Waals surface area (Å²) < 4.78 is 5.20. The van der Waals surface area contributed by atoms with Crippen molar-refractivity contribution in [2.75, 3.05) is 30.0 Å². The van der Waals surface area contributed by atoms with Gasteiger partial charge in [0, 0.05) is 18.3 Å². The van der Waals surface area contributed by atoms with Gasteiger partial charge in [-0.15, -0.1) is 0 Å². The summed E-state index contributed by atoms with van der Waals surface area (Å²) in [6.07, 6.45) is 1.02. The van der Waals surface area contributed by atoms with Crippen molar-refractivity contribution in [3.63, 3.8) is 0 Å². The van der Waals surface area contributed by atoms with E-state index in [9.17, 15) is 0 Å². The quantitative estimate of drug-likeness (QED) is 0.757. The van der Waals surface area contributed by atoms with Crippen LogP contribution in [0.2, 0.25) is 0 Å². The van der Waals surface area contributed by atoms with Gasteiger partial charge in [-0.3, -0.25) is 0 Å². The number of anilines is 4. The number of hydrogen-bond acceptors (Lipinski definition) is 6. The SMILES string of the molecule is CCCNc1cc(Nc2ccc(OC)cc2C)nc(N)n1. The Morgan fingerprint density at radius 3 is 2.62 bits per heavy atom. The molecule has 2 aromatic rings. The van der Waals surface area contributed by atoms with Crippen molar-refractivity contribution in [3.8, 4) is 5.75 Å². The van der Waals surface area contributed by atoms with E-state index in [2.05, 4.69) is 27.5 Å². The van der Waals surface area contributed by atoms with E-state index in [1.54, 1.807) is 7.11 Å². The fourth-order valence-electron chi connectivity index (χ4n) is 1.91. The van der Waals surface area contributed by atoms with Crippen molar-refractivity contribution in [2.24, 2.45) is 0 Å². The Bertz CT molecular complexity index is 615. The molecule has 0 amide bonds. The van der Waals surface area contributed by atoms with Crippen molar-refractivity contribution >= 4 is 23.3 Å². The number of benzene rings is 1. The normalized spacial score (nSPS) is 10.2. The number of nitrogens with one attached hydrogen (secondary N) is 2. The van der Waals surface area contributed by atoms with Crippen LogP contribution in [0.15, 0.2) is 24.3 Å². The molecule has 0 unspecified atom stereocenters. The first-order valence-electron chi connectivity index (χ1n) is 6.92. The van der Waals surface area contributed by atoms with E-state index < -0.39 is 0 Å². The summed E-state index contributed by atoms with van der Waals surface area (Å²) in [6, 6.07) is 7.65. The molecule has 6 nitrogen and oxygen atoms in total. The minimum atomic E-state index is 0.241. The molecule has 2 rings (SSSR count). The van der Waals surface area contributed by atoms with E-state index in [4.69, 9.17) is 10.5 Å². The minimum absolute atomic E-state index is 0.241. The molecule has 0 saturated heterocycles. The van der Waals surface area contributed by atoms with Crippen LogP contribution < -0.4 is 21.1 Å². The van der Waals surface area contributed by atoms with Crippen LogP contribution in [-0.2, 0) is 0 Å². The standard InChI is InChI=1S/C15H21N5O/c1-4-7-17-13-9-14(20-15(16)19-13)18-12-6-5-11(21-3)8-10(12)2/h5-6,8-9H,4,7H2,1-3H3,(H4,16,17,18,19,20). The number of nitrogens with zero attached hydrogens (tertiary/aromatic N) is 2. The molecular formula is C15H21N5O. The van der Waals surface area contributed by atoms with Crippen LogP contribution >= 0.6 is 0 Å². The van der Waals surface area contributed by atoms with E-state index in [1.165, 1.54) is 0 Å². The van der Waals surface area contributed by atoms with E-state index in [0.29, 0.717) is 5.82 Å². The zero-order valence-corrected chi connectivity index (χ0v) is 12.6. The average molecular weight is 287 g/mol. The molecule has 0 bridgehead atoms. The summed E-state index contributed by atoms with van der Waals surface area (Å²) in [6.45, 7) is 4.94. The Kier molecular flexibility index (Phi) is 4.81. The number of ether oxygens (including phenoxy) is 1. The van der Waals surface area contributed by atoms with Crippen molar-refractivity contribution in [2.45, 2.75) is 20.3 Å². The zero-order chi connectivity index (χ0) is 15.2. The van der Waals surface area contributed by atoms with Crippen LogP contribution in [0, 0.1) is 6.92 Å². The molecule has 1 aromatic carbocycles. The van der Waals surface area contributed by atoms with Gasteiger partial charge in [-0.05, 0) is 37.1 Å². The number of hydrogen-bond donors (Lipinski definition) is 3. The fourth-order valence-corrected chi connectivity index (χ4v) is 1.91. The van der Waals surface area contributed by atoms with Crippen LogP contribution in [0.5, 0.6) is 5.75 Å². The van der Waals surface area contributed by atoms with Gasteiger partial charge in [-0.2, -0.15) is 9.97 Å². The first kappa shape index (κ1) is 14.9. The molecular weight excluding hydrogens is 266 g/mol. The summed E-state index contributed by atoms with van der Waals surface area (Å²) >= 11 is 0. The van der Waals surface area contributed by atoms with Gasteiger partial charge >= 0.3 is 0 Å². The van der Waals surface area contributed by atoms with Crippen LogP contribution in [0.1, 0.15) is 18.9 Å². The molecule has 0 spiro atoms. The first-order valence-corrected chi connectivity index (χ1v) is 6.92. The molecule has 0 aliphatic carbocycles. The molecule has 0 aliphatic rings. The largest absolute Gasteiger partial charge is 0.497 e. The van der Waals surface area contributed by atoms with E-state index >= 15 is 0 Å². The van der Waals surface area contributed by atoms with Crippen LogP contribution in [-0.4, -0.2) is 23.6 Å². The molecule has 1 aromatic heterocycles. The lowest BCUT2D eigenvalue weighted by Gasteiger charge is -2.12. The smallest absolute Gasteiger partial charge is 0.223 e. The van der Waals surface area contributed by atoms with E-state index in [-0.39, 0.29) is 5.95 Å². The predicted octanol–water partition coefficient (Wildman–Crippen LogP) is 2.94. The van der Waals surface area contributed by atoms with Crippen molar-refractivity contribution < 1.29 is 4.74 Å². The van der Waals surface area contributed by atoms with Gasteiger partial charge in [0.25, 0.3) is 0 Å². The number of nitrogens with two attached hydrogens (primary N) is 1. The highest BCUT2D eigenvalue weighted by Crippen LogP contribution is 2.24. The second kappa shape index (κ2) is 6.78. The molecule has 0 radical (unpaired) electrons. The second-order valence-corrected chi connectivity index (χ2v) is 4.73.